The van der Waals surface area contributed by atoms with Gasteiger partial charge in [0, 0.05) is 44.0 Å². The summed E-state index contributed by atoms with van der Waals surface area (Å²) < 4.78 is 27.1. The Morgan fingerprint density at radius 3 is 2.85 bits per heavy atom. The van der Waals surface area contributed by atoms with Gasteiger partial charge in [0.05, 0.1) is 18.2 Å². The molecule has 138 valence electrons. The van der Waals surface area contributed by atoms with E-state index >= 15 is 0 Å². The number of H-pyrrole nitrogens is 1. The van der Waals surface area contributed by atoms with Gasteiger partial charge in [0.25, 0.3) is 5.91 Å². The lowest BCUT2D eigenvalue weighted by Crippen LogP contribution is -2.47. The van der Waals surface area contributed by atoms with Gasteiger partial charge in [0.1, 0.15) is 5.82 Å². The van der Waals surface area contributed by atoms with Crippen molar-refractivity contribution in [1.82, 2.24) is 24.8 Å². The van der Waals surface area contributed by atoms with Crippen molar-refractivity contribution in [2.75, 3.05) is 19.6 Å². The van der Waals surface area contributed by atoms with Crippen molar-refractivity contribution in [1.29, 1.82) is 0 Å². The number of aryl methyl sites for hydroxylation is 1. The number of rotatable bonds is 3. The number of carbonyl (C=O) groups is 1. The van der Waals surface area contributed by atoms with Crippen molar-refractivity contribution >= 4 is 5.91 Å². The van der Waals surface area contributed by atoms with Crippen molar-refractivity contribution in [2.45, 2.75) is 32.4 Å². The van der Waals surface area contributed by atoms with Gasteiger partial charge in [0.15, 0.2) is 11.5 Å². The van der Waals surface area contributed by atoms with Crippen LogP contribution in [0.4, 0.5) is 8.78 Å². The number of aromatic nitrogens is 3. The topological polar surface area (TPSA) is 65.1 Å². The van der Waals surface area contributed by atoms with E-state index in [9.17, 15) is 13.6 Å². The number of aromatic amines is 1. The molecule has 0 aromatic carbocycles. The Morgan fingerprint density at radius 1 is 1.27 bits per heavy atom. The summed E-state index contributed by atoms with van der Waals surface area (Å²) in [6.45, 7) is 4.91. The van der Waals surface area contributed by atoms with Gasteiger partial charge in [0.2, 0.25) is 0 Å². The summed E-state index contributed by atoms with van der Waals surface area (Å²) in [4.78, 5) is 28.0. The second kappa shape index (κ2) is 6.75. The smallest absolute Gasteiger partial charge is 0.275 e. The molecule has 3 fully saturated rings. The quantitative estimate of drug-likeness (QED) is 0.910. The zero-order valence-corrected chi connectivity index (χ0v) is 14.6. The number of amides is 1. The number of hydrogen-bond donors (Lipinski definition) is 1. The molecule has 6 nitrogen and oxygen atoms in total. The molecule has 5 heterocycles. The third-order valence-corrected chi connectivity index (χ3v) is 5.37. The number of nitrogens with one attached hydrogen (secondary N) is 1. The highest BCUT2D eigenvalue weighted by Crippen LogP contribution is 2.30. The van der Waals surface area contributed by atoms with E-state index in [2.05, 4.69) is 19.9 Å². The zero-order valence-electron chi connectivity index (χ0n) is 14.6. The number of carbonyl (C=O) groups excluding carboxylic acids is 1. The zero-order chi connectivity index (χ0) is 18.3. The van der Waals surface area contributed by atoms with Crippen LogP contribution in [0.1, 0.15) is 34.7 Å². The van der Waals surface area contributed by atoms with E-state index in [1.165, 1.54) is 0 Å². The molecular weight excluding hydrogens is 340 g/mol. The molecule has 0 aliphatic carbocycles. The highest BCUT2D eigenvalue weighted by molar-refractivity contribution is 5.92. The van der Waals surface area contributed by atoms with Crippen LogP contribution < -0.4 is 0 Å². The normalized spacial score (nSPS) is 23.3. The molecule has 2 aromatic heterocycles. The first-order valence-corrected chi connectivity index (χ1v) is 8.84. The Balaban J connectivity index is 1.53. The van der Waals surface area contributed by atoms with Crippen molar-refractivity contribution in [3.05, 3.63) is 47.3 Å². The third kappa shape index (κ3) is 3.21. The van der Waals surface area contributed by atoms with E-state index < -0.39 is 17.5 Å². The molecule has 0 saturated carbocycles. The second-order valence-electron chi connectivity index (χ2n) is 7.21. The summed E-state index contributed by atoms with van der Waals surface area (Å²) >= 11 is 0. The van der Waals surface area contributed by atoms with Crippen LogP contribution >= 0.6 is 0 Å². The molecule has 0 unspecified atom stereocenters. The molecule has 3 saturated heterocycles. The molecule has 1 amide bonds. The van der Waals surface area contributed by atoms with E-state index in [0.717, 1.165) is 50.1 Å². The van der Waals surface area contributed by atoms with Gasteiger partial charge in [-0.1, -0.05) is 0 Å². The highest BCUT2D eigenvalue weighted by Gasteiger charge is 2.38. The minimum Gasteiger partial charge on any atom is -0.348 e. The van der Waals surface area contributed by atoms with Crippen LogP contribution in [0.2, 0.25) is 0 Å². The summed E-state index contributed by atoms with van der Waals surface area (Å²) in [6, 6.07) is 0.718. The molecule has 2 bridgehead atoms. The van der Waals surface area contributed by atoms with Crippen molar-refractivity contribution in [3.8, 4) is 0 Å². The highest BCUT2D eigenvalue weighted by atomic mass is 19.1. The Bertz CT molecular complexity index is 824. The number of halogens is 2. The molecular formula is C18H21F2N5O. The lowest BCUT2D eigenvalue weighted by molar-refractivity contribution is 0.0573. The van der Waals surface area contributed by atoms with Gasteiger partial charge in [-0.15, -0.1) is 0 Å². The number of piperidine rings is 1. The predicted molar refractivity (Wildman–Crippen MR) is 90.3 cm³/mol. The van der Waals surface area contributed by atoms with Gasteiger partial charge in [-0.25, -0.2) is 18.7 Å². The summed E-state index contributed by atoms with van der Waals surface area (Å²) in [7, 11) is 0. The molecule has 2 atom stereocenters. The maximum atomic E-state index is 14.0. The monoisotopic (exact) mass is 361 g/mol. The molecule has 3 aliphatic rings. The van der Waals surface area contributed by atoms with Crippen LogP contribution in [0.25, 0.3) is 0 Å². The summed E-state index contributed by atoms with van der Waals surface area (Å²) in [5.74, 6) is -1.80. The van der Waals surface area contributed by atoms with Crippen molar-refractivity contribution in [3.63, 3.8) is 0 Å². The van der Waals surface area contributed by atoms with Crippen LogP contribution in [0.5, 0.6) is 0 Å². The first kappa shape index (κ1) is 17.1. The molecule has 8 heteroatoms. The number of hydrogen-bond acceptors (Lipinski definition) is 4. The molecule has 3 aliphatic heterocycles. The van der Waals surface area contributed by atoms with Crippen LogP contribution in [-0.2, 0) is 6.54 Å². The number of fused-ring (bicyclic) bond motifs is 4. The SMILES string of the molecule is Cc1[nH]cnc1CN1C[C@@H]2CC[C@H](C1)N(C(=O)c1ncc(F)cc1F)C2. The number of imidazole rings is 1. The van der Waals surface area contributed by atoms with Gasteiger partial charge in [-0.2, -0.15) is 0 Å². The lowest BCUT2D eigenvalue weighted by Gasteiger charge is -2.36. The average molecular weight is 361 g/mol. The van der Waals surface area contributed by atoms with Gasteiger partial charge < -0.3 is 9.88 Å². The molecule has 26 heavy (non-hydrogen) atoms. The fraction of sp³-hybridized carbons (Fsp3) is 0.500. The fourth-order valence-corrected chi connectivity index (χ4v) is 4.02. The lowest BCUT2D eigenvalue weighted by atomic mass is 9.94. The Hall–Kier alpha value is -2.35. The number of nitrogens with zero attached hydrogens (tertiary/aromatic N) is 4. The van der Waals surface area contributed by atoms with Crippen molar-refractivity contribution in [2.24, 2.45) is 5.92 Å². The molecule has 0 radical (unpaired) electrons. The van der Waals surface area contributed by atoms with Crippen LogP contribution in [0, 0.1) is 24.5 Å². The summed E-state index contributed by atoms with van der Waals surface area (Å²) in [5.41, 5.74) is 1.76. The van der Waals surface area contributed by atoms with Crippen molar-refractivity contribution < 1.29 is 13.6 Å². The minimum atomic E-state index is -0.904. The minimum absolute atomic E-state index is 0.00625. The van der Waals surface area contributed by atoms with E-state index in [1.54, 1.807) is 11.2 Å². The first-order valence-electron chi connectivity index (χ1n) is 8.84. The Morgan fingerprint density at radius 2 is 2.12 bits per heavy atom. The maximum Gasteiger partial charge on any atom is 0.275 e. The molecule has 5 rings (SSSR count). The number of pyridine rings is 1. The van der Waals surface area contributed by atoms with E-state index in [-0.39, 0.29) is 11.7 Å². The Labute approximate surface area is 150 Å². The van der Waals surface area contributed by atoms with E-state index in [4.69, 9.17) is 0 Å². The fourth-order valence-electron chi connectivity index (χ4n) is 4.02. The average Bonchev–Trinajstić information content (AvgIpc) is 2.81. The van der Waals surface area contributed by atoms with Crippen LogP contribution in [0.3, 0.4) is 0 Å². The molecule has 2 aromatic rings. The standard InChI is InChI=1S/C18H21F2N5O/c1-11-16(23-10-22-11)9-24-6-12-2-3-14(8-24)25(7-12)18(26)17-15(20)4-13(19)5-21-17/h4-5,10,12,14H,2-3,6-9H2,1H3,(H,22,23)/t12-,14+/m0/s1. The molecule has 1 N–H and O–H groups in total. The van der Waals surface area contributed by atoms with E-state index in [1.807, 2.05) is 6.92 Å². The van der Waals surface area contributed by atoms with Gasteiger partial charge in [-0.3, -0.25) is 9.69 Å². The second-order valence-corrected chi connectivity index (χ2v) is 7.21. The van der Waals surface area contributed by atoms with Gasteiger partial charge >= 0.3 is 0 Å². The predicted octanol–water partition coefficient (Wildman–Crippen LogP) is 2.13. The summed E-state index contributed by atoms with van der Waals surface area (Å²) in [5, 5.41) is 0. The first-order chi connectivity index (χ1) is 12.5. The maximum absolute atomic E-state index is 14.0. The van der Waals surface area contributed by atoms with Crippen LogP contribution in [0.15, 0.2) is 18.6 Å². The van der Waals surface area contributed by atoms with Crippen LogP contribution in [-0.4, -0.2) is 56.3 Å². The summed E-state index contributed by atoms with van der Waals surface area (Å²) in [6.07, 6.45) is 4.51. The largest absolute Gasteiger partial charge is 0.348 e. The third-order valence-electron chi connectivity index (χ3n) is 5.37. The Kier molecular flexibility index (Phi) is 4.44. The van der Waals surface area contributed by atoms with E-state index in [0.29, 0.717) is 18.5 Å². The van der Waals surface area contributed by atoms with Gasteiger partial charge in [-0.05, 0) is 25.7 Å². The molecule has 0 spiro atoms.